The van der Waals surface area contributed by atoms with Crippen molar-refractivity contribution in [3.8, 4) is 33.6 Å². The van der Waals surface area contributed by atoms with Crippen molar-refractivity contribution in [2.45, 2.75) is 49.9 Å². The molecule has 2 aliphatic rings. The summed E-state index contributed by atoms with van der Waals surface area (Å²) in [5.74, 6) is 1.34. The van der Waals surface area contributed by atoms with Crippen LogP contribution < -0.4 is 0 Å². The molecule has 3 aromatic heterocycles. The number of carbonyl (C=O) groups is 3. The van der Waals surface area contributed by atoms with Crippen molar-refractivity contribution in [1.29, 1.82) is 0 Å². The molecule has 2 saturated heterocycles. The Bertz CT molecular complexity index is 2670. The van der Waals surface area contributed by atoms with Crippen LogP contribution in [0.15, 0.2) is 121 Å². The van der Waals surface area contributed by atoms with E-state index in [2.05, 4.69) is 76.0 Å². The molecule has 0 radical (unpaired) electrons. The smallest absolute Gasteiger partial charge is 0.407 e. The van der Waals surface area contributed by atoms with E-state index in [4.69, 9.17) is 9.97 Å². The minimum absolute atomic E-state index is 0.102. The first kappa shape index (κ1) is 39.9. The standard InChI is InChI=1S/C48H48N8O4S/c1-53(2)43(36-29-61-41-16-8-7-13-35(36)41)47(58)56-26-10-15-40(56)45-50-28-38(52-45)33-23-19-31(20-24-33)30-17-21-32(22-18-30)37-27-49-44(51-37)39-14-9-25-55(39)46(57)42(54(3)48(59)60)34-11-5-4-6-12-34/h4-8,11-13,16-24,27-29,39-40,42-43H,9-10,14-15,25-26H2,1-3H3,(H,49,51)(H,50,52)(H,59,60)/t39-,40-,42+,43?/m0/s1. The van der Waals surface area contributed by atoms with Crippen LogP contribution in [0.25, 0.3) is 43.7 Å². The van der Waals surface area contributed by atoms with Crippen LogP contribution in [0.3, 0.4) is 0 Å². The van der Waals surface area contributed by atoms with Gasteiger partial charge in [-0.2, -0.15) is 0 Å². The van der Waals surface area contributed by atoms with Gasteiger partial charge in [0, 0.05) is 24.8 Å². The van der Waals surface area contributed by atoms with Crippen molar-refractivity contribution in [3.05, 3.63) is 144 Å². The number of fused-ring (bicyclic) bond motifs is 1. The predicted molar refractivity (Wildman–Crippen MR) is 238 cm³/mol. The Balaban J connectivity index is 0.868. The number of likely N-dealkylation sites (N-methyl/N-ethyl adjacent to an activating group) is 2. The molecule has 2 aliphatic heterocycles. The zero-order valence-electron chi connectivity index (χ0n) is 34.4. The largest absolute Gasteiger partial charge is 0.465 e. The van der Waals surface area contributed by atoms with E-state index in [-0.39, 0.29) is 29.9 Å². The maximum absolute atomic E-state index is 14.3. The Kier molecular flexibility index (Phi) is 11.0. The van der Waals surface area contributed by atoms with E-state index >= 15 is 0 Å². The lowest BCUT2D eigenvalue weighted by Crippen LogP contribution is -2.43. The summed E-state index contributed by atoms with van der Waals surface area (Å²) in [6.45, 7) is 1.22. The summed E-state index contributed by atoms with van der Waals surface area (Å²) >= 11 is 1.68. The van der Waals surface area contributed by atoms with Crippen LogP contribution in [0.2, 0.25) is 0 Å². The number of aromatic amines is 2. The van der Waals surface area contributed by atoms with Crippen molar-refractivity contribution in [2.75, 3.05) is 34.2 Å². The lowest BCUT2D eigenvalue weighted by atomic mass is 10.0. The lowest BCUT2D eigenvalue weighted by molar-refractivity contribution is -0.138. The maximum Gasteiger partial charge on any atom is 0.407 e. The molecule has 9 rings (SSSR count). The van der Waals surface area contributed by atoms with Crippen LogP contribution in [0, 0.1) is 0 Å². The van der Waals surface area contributed by atoms with Crippen molar-refractivity contribution in [2.24, 2.45) is 0 Å². The minimum atomic E-state index is -1.16. The molecule has 7 aromatic rings. The summed E-state index contributed by atoms with van der Waals surface area (Å²) in [5.41, 5.74) is 7.55. The van der Waals surface area contributed by atoms with Gasteiger partial charge in [-0.1, -0.05) is 97.1 Å². The molecule has 4 aromatic carbocycles. The first-order valence-electron chi connectivity index (χ1n) is 20.7. The lowest BCUT2D eigenvalue weighted by Gasteiger charge is -2.32. The van der Waals surface area contributed by atoms with E-state index in [1.54, 1.807) is 34.6 Å². The van der Waals surface area contributed by atoms with Gasteiger partial charge in [0.25, 0.3) is 5.91 Å². The van der Waals surface area contributed by atoms with Gasteiger partial charge in [0.2, 0.25) is 5.91 Å². The normalized spacial score (nSPS) is 17.6. The van der Waals surface area contributed by atoms with E-state index in [1.807, 2.05) is 60.4 Å². The van der Waals surface area contributed by atoms with Crippen molar-refractivity contribution in [1.82, 2.24) is 39.5 Å². The van der Waals surface area contributed by atoms with Crippen molar-refractivity contribution >= 4 is 39.3 Å². The maximum atomic E-state index is 14.3. The van der Waals surface area contributed by atoms with E-state index in [0.29, 0.717) is 24.5 Å². The first-order valence-corrected chi connectivity index (χ1v) is 21.6. The molecule has 5 heterocycles. The summed E-state index contributed by atoms with van der Waals surface area (Å²) in [6, 6.07) is 32.3. The number of nitrogens with zero attached hydrogens (tertiary/aromatic N) is 6. The average molecular weight is 833 g/mol. The number of amides is 3. The average Bonchev–Trinajstić information content (AvgIpc) is 4.14. The van der Waals surface area contributed by atoms with Gasteiger partial charge in [0.1, 0.15) is 23.7 Å². The van der Waals surface area contributed by atoms with E-state index < -0.39 is 12.1 Å². The topological polar surface area (TPSA) is 142 Å². The number of likely N-dealkylation sites (tertiary alicyclic amines) is 2. The molecular weight excluding hydrogens is 785 g/mol. The molecule has 0 saturated carbocycles. The number of hydrogen-bond acceptors (Lipinski definition) is 7. The molecule has 0 aliphatic carbocycles. The highest BCUT2D eigenvalue weighted by atomic mass is 32.1. The number of thiophene rings is 1. The second kappa shape index (κ2) is 16.8. The number of hydrogen-bond donors (Lipinski definition) is 3. The Morgan fingerprint density at radius 2 is 1.16 bits per heavy atom. The fourth-order valence-corrected chi connectivity index (χ4v) is 10.0. The van der Waals surface area contributed by atoms with E-state index in [0.717, 1.165) is 81.0 Å². The summed E-state index contributed by atoms with van der Waals surface area (Å²) in [6.07, 6.45) is 5.81. The van der Waals surface area contributed by atoms with Gasteiger partial charge < -0.3 is 24.9 Å². The molecular formula is C48H48N8O4S. The highest BCUT2D eigenvalue weighted by Gasteiger charge is 2.40. The van der Waals surface area contributed by atoms with Gasteiger partial charge in [-0.3, -0.25) is 19.4 Å². The van der Waals surface area contributed by atoms with E-state index in [9.17, 15) is 19.5 Å². The summed E-state index contributed by atoms with van der Waals surface area (Å²) in [4.78, 5) is 63.6. The number of nitrogens with one attached hydrogen (secondary N) is 2. The number of imidazole rings is 2. The van der Waals surface area contributed by atoms with Gasteiger partial charge in [-0.15, -0.1) is 11.3 Å². The van der Waals surface area contributed by atoms with Gasteiger partial charge in [-0.05, 0) is 90.0 Å². The second-order valence-corrected chi connectivity index (χ2v) is 17.1. The molecule has 13 heteroatoms. The fourth-order valence-electron chi connectivity index (χ4n) is 9.05. The Morgan fingerprint density at radius 1 is 0.672 bits per heavy atom. The zero-order valence-corrected chi connectivity index (χ0v) is 35.2. The van der Waals surface area contributed by atoms with Gasteiger partial charge >= 0.3 is 6.09 Å². The molecule has 61 heavy (non-hydrogen) atoms. The third kappa shape index (κ3) is 7.71. The Hall–Kier alpha value is -6.57. The molecule has 1 unspecified atom stereocenters. The fraction of sp³-hybridized carbons (Fsp3) is 0.271. The van der Waals surface area contributed by atoms with Crippen LogP contribution in [-0.2, 0) is 9.59 Å². The van der Waals surface area contributed by atoms with Gasteiger partial charge in [-0.25, -0.2) is 14.8 Å². The molecule has 3 N–H and O–H groups in total. The first-order chi connectivity index (χ1) is 29.7. The van der Waals surface area contributed by atoms with Crippen LogP contribution >= 0.6 is 11.3 Å². The molecule has 4 atom stereocenters. The zero-order chi connectivity index (χ0) is 42.2. The number of aromatic nitrogens is 4. The number of H-pyrrole nitrogens is 2. The Morgan fingerprint density at radius 3 is 1.69 bits per heavy atom. The molecule has 0 spiro atoms. The third-order valence-electron chi connectivity index (χ3n) is 12.2. The monoisotopic (exact) mass is 832 g/mol. The van der Waals surface area contributed by atoms with Crippen LogP contribution in [-0.4, -0.2) is 96.8 Å². The summed E-state index contributed by atoms with van der Waals surface area (Å²) in [5, 5.41) is 13.1. The third-order valence-corrected chi connectivity index (χ3v) is 13.2. The Labute approximate surface area is 358 Å². The summed E-state index contributed by atoms with van der Waals surface area (Å²) in [7, 11) is 5.39. The minimum Gasteiger partial charge on any atom is -0.465 e. The van der Waals surface area contributed by atoms with E-state index in [1.165, 1.54) is 11.7 Å². The molecule has 3 amide bonds. The van der Waals surface area contributed by atoms with Gasteiger partial charge in [0.05, 0.1) is 35.9 Å². The van der Waals surface area contributed by atoms with Crippen molar-refractivity contribution in [3.63, 3.8) is 0 Å². The number of rotatable bonds is 11. The van der Waals surface area contributed by atoms with Crippen LogP contribution in [0.5, 0.6) is 0 Å². The number of carbonyl (C=O) groups excluding carboxylic acids is 2. The molecule has 310 valence electrons. The molecule has 12 nitrogen and oxygen atoms in total. The highest BCUT2D eigenvalue weighted by Crippen LogP contribution is 2.39. The van der Waals surface area contributed by atoms with Gasteiger partial charge in [0.15, 0.2) is 0 Å². The van der Waals surface area contributed by atoms with Crippen LogP contribution in [0.4, 0.5) is 4.79 Å². The number of carboxylic acid groups (broad SMARTS) is 1. The van der Waals surface area contributed by atoms with Crippen LogP contribution in [0.1, 0.15) is 72.6 Å². The number of benzene rings is 4. The summed E-state index contributed by atoms with van der Waals surface area (Å²) < 4.78 is 1.18. The highest BCUT2D eigenvalue weighted by molar-refractivity contribution is 7.17. The SMILES string of the molecule is CN(C)C(C(=O)N1CCC[C@H]1c1ncc(-c2ccc(-c3ccc(-c4cnc([C@@H]5CCCN5C(=O)[C@@H](c5ccccc5)N(C)C(=O)O)[nH]4)cc3)cc2)[nH]1)c1csc2ccccc12. The second-order valence-electron chi connectivity index (χ2n) is 16.2. The predicted octanol–water partition coefficient (Wildman–Crippen LogP) is 9.33. The quantitative estimate of drug-likeness (QED) is 0.118. The molecule has 0 bridgehead atoms. The van der Waals surface area contributed by atoms with Crippen molar-refractivity contribution < 1.29 is 19.5 Å². The molecule has 2 fully saturated rings.